The van der Waals surface area contributed by atoms with E-state index in [1.807, 2.05) is 0 Å². The van der Waals surface area contributed by atoms with Gasteiger partial charge in [0, 0.05) is 44.2 Å². The molecule has 1 N–H and O–H groups in total. The Kier molecular flexibility index (Phi) is 7.45. The van der Waals surface area contributed by atoms with Crippen LogP contribution in [0, 0.1) is 17.0 Å². The highest BCUT2D eigenvalue weighted by molar-refractivity contribution is 7.89. The van der Waals surface area contributed by atoms with Crippen LogP contribution in [-0.4, -0.2) is 77.0 Å². The summed E-state index contributed by atoms with van der Waals surface area (Å²) in [5.41, 5.74) is -2.44. The summed E-state index contributed by atoms with van der Waals surface area (Å²) in [5.74, 6) is -1.74. The average molecular weight is 690 g/mol. The summed E-state index contributed by atoms with van der Waals surface area (Å²) >= 11 is 0. The number of Topliss-reactive ketones (excluding diaryl/α,β-unsaturated/α-hetero) is 1. The first-order valence-electron chi connectivity index (χ1n) is 15.0. The van der Waals surface area contributed by atoms with Crippen LogP contribution in [0.2, 0.25) is 0 Å². The van der Waals surface area contributed by atoms with Gasteiger partial charge in [0.1, 0.15) is 23.7 Å². The lowest BCUT2D eigenvalue weighted by Gasteiger charge is -2.53. The van der Waals surface area contributed by atoms with Crippen molar-refractivity contribution in [2.24, 2.45) is 12.5 Å². The van der Waals surface area contributed by atoms with Crippen LogP contribution in [0.4, 0.5) is 22.0 Å². The molecule has 3 aliphatic rings. The molecule has 0 saturated heterocycles. The molecule has 3 aromatic heterocycles. The second-order valence-electron chi connectivity index (χ2n) is 12.6. The minimum atomic E-state index is -4.99. The van der Waals surface area contributed by atoms with Crippen LogP contribution in [-0.2, 0) is 23.5 Å². The zero-order chi connectivity index (χ0) is 34.2. The number of allylic oxidation sites excluding steroid dienone is 1. The summed E-state index contributed by atoms with van der Waals surface area (Å²) in [4.78, 5) is 22.5. The Morgan fingerprint density at radius 1 is 1.04 bits per heavy atom. The van der Waals surface area contributed by atoms with E-state index in [9.17, 15) is 40.3 Å². The molecule has 48 heavy (non-hydrogen) atoms. The van der Waals surface area contributed by atoms with Crippen molar-refractivity contribution < 1.29 is 40.3 Å². The molecule has 7 rings (SSSR count). The third-order valence-corrected chi connectivity index (χ3v) is 11.4. The third-order valence-electron chi connectivity index (χ3n) is 9.58. The molecule has 2 atom stereocenters. The Labute approximate surface area is 270 Å². The number of halogens is 5. The molecule has 0 bridgehead atoms. The minimum Gasteiger partial charge on any atom is -0.380 e. The zero-order valence-electron chi connectivity index (χ0n) is 25.3. The number of aryl methyl sites for hydroxylation is 1. The van der Waals surface area contributed by atoms with Gasteiger partial charge >= 0.3 is 6.18 Å². The molecule has 17 heteroatoms. The Morgan fingerprint density at radius 3 is 2.42 bits per heavy atom. The average Bonchev–Trinajstić information content (AvgIpc) is 3.64. The number of carbonyl (C=O) groups is 1. The normalized spacial score (nSPS) is 25.6. The number of benzene rings is 1. The van der Waals surface area contributed by atoms with Crippen LogP contribution in [0.3, 0.4) is 0 Å². The van der Waals surface area contributed by atoms with Crippen molar-refractivity contribution >= 4 is 21.9 Å². The molecule has 3 aliphatic carbocycles. The van der Waals surface area contributed by atoms with Gasteiger partial charge in [-0.2, -0.15) is 22.6 Å². The predicted octanol–water partition coefficient (Wildman–Crippen LogP) is 4.18. The van der Waals surface area contributed by atoms with Gasteiger partial charge in [-0.25, -0.2) is 26.9 Å². The summed E-state index contributed by atoms with van der Waals surface area (Å²) in [6.07, 6.45) is -1.21. The molecule has 0 radical (unpaired) electrons. The van der Waals surface area contributed by atoms with Crippen molar-refractivity contribution in [1.82, 2.24) is 33.8 Å². The summed E-state index contributed by atoms with van der Waals surface area (Å²) in [6.45, 7) is 0. The minimum absolute atomic E-state index is 0.00420. The number of hydrogen-bond donors (Lipinski definition) is 1. The monoisotopic (exact) mass is 689 g/mol. The van der Waals surface area contributed by atoms with Crippen molar-refractivity contribution in [3.05, 3.63) is 89.3 Å². The number of nitrogens with zero attached hydrogens (tertiary/aromatic N) is 7. The molecular formula is C31H28F5N7O4S. The van der Waals surface area contributed by atoms with Gasteiger partial charge in [-0.05, 0) is 67.7 Å². The fourth-order valence-corrected chi connectivity index (χ4v) is 8.93. The molecule has 1 aromatic carbocycles. The number of aliphatic hydroxyl groups is 1. The number of rotatable bonds is 7. The van der Waals surface area contributed by atoms with E-state index < -0.39 is 74.7 Å². The van der Waals surface area contributed by atoms with Gasteiger partial charge in [0.2, 0.25) is 0 Å². The topological polar surface area (TPSA) is 136 Å². The summed E-state index contributed by atoms with van der Waals surface area (Å²) in [5, 5.41) is 18.0. The Balaban J connectivity index is 1.33. The van der Waals surface area contributed by atoms with Gasteiger partial charge < -0.3 is 5.11 Å². The van der Waals surface area contributed by atoms with Gasteiger partial charge in [0.25, 0.3) is 15.2 Å². The number of aromatic nitrogens is 6. The number of sulfonamides is 1. The maximum Gasteiger partial charge on any atom is 0.417 e. The van der Waals surface area contributed by atoms with E-state index in [-0.39, 0.29) is 31.4 Å². The molecule has 252 valence electrons. The van der Waals surface area contributed by atoms with E-state index >= 15 is 0 Å². The number of alkyl halides is 3. The first-order valence-corrected chi connectivity index (χ1v) is 16.4. The lowest BCUT2D eigenvalue weighted by molar-refractivity contribution is -0.297. The first kappa shape index (κ1) is 32.2. The fraction of sp³-hybridized carbons (Fsp3) is 0.387. The first-order chi connectivity index (χ1) is 22.6. The van der Waals surface area contributed by atoms with E-state index in [1.165, 1.54) is 37.5 Å². The van der Waals surface area contributed by atoms with E-state index in [0.29, 0.717) is 22.5 Å². The molecule has 4 aromatic rings. The highest BCUT2D eigenvalue weighted by atomic mass is 32.2. The molecule has 0 unspecified atom stereocenters. The van der Waals surface area contributed by atoms with Gasteiger partial charge in [0.15, 0.2) is 11.4 Å². The Bertz CT molecular complexity index is 2050. The second kappa shape index (κ2) is 11.1. The lowest BCUT2D eigenvalue weighted by Crippen LogP contribution is -2.65. The molecule has 2 saturated carbocycles. The van der Waals surface area contributed by atoms with E-state index in [4.69, 9.17) is 0 Å². The summed E-state index contributed by atoms with van der Waals surface area (Å²) < 4.78 is 101. The van der Waals surface area contributed by atoms with Crippen molar-refractivity contribution in [2.75, 3.05) is 0 Å². The standard InChI is InChI=1S/C31H28F5N7O4S/c1-41-17-38-28(40-41)48(46,47)43(24-14-30(45,15-24)31(34,35)36)23-5-2-19-10-26-18(16-39-42(26)22-6-3-20(32)4-7-22)12-29(19,13-23)27(44)25-11-21(33)8-9-37-25/h3-4,6-11,16-17,23-24,45H,2,5,12-15H2,1H3/t23-,24?,29-,30?/m0/s1. The molecule has 0 amide bonds. The van der Waals surface area contributed by atoms with Crippen molar-refractivity contribution in [3.8, 4) is 5.69 Å². The molecule has 3 heterocycles. The van der Waals surface area contributed by atoms with Crippen molar-refractivity contribution in [3.63, 3.8) is 0 Å². The maximum atomic E-state index is 14.5. The van der Waals surface area contributed by atoms with E-state index in [1.54, 1.807) is 10.8 Å². The summed E-state index contributed by atoms with van der Waals surface area (Å²) in [6, 6.07) is 5.38. The van der Waals surface area contributed by atoms with Crippen LogP contribution in [0.15, 0.2) is 65.8 Å². The van der Waals surface area contributed by atoms with Crippen LogP contribution < -0.4 is 0 Å². The van der Waals surface area contributed by atoms with Gasteiger partial charge in [-0.3, -0.25) is 14.5 Å². The van der Waals surface area contributed by atoms with Gasteiger partial charge in [0.05, 0.1) is 23.0 Å². The largest absolute Gasteiger partial charge is 0.417 e. The number of carbonyl (C=O) groups excluding carboxylic acids is 1. The zero-order valence-corrected chi connectivity index (χ0v) is 26.1. The smallest absolute Gasteiger partial charge is 0.380 e. The molecule has 0 aliphatic heterocycles. The number of pyridine rings is 1. The number of fused-ring (bicyclic) bond motifs is 2. The van der Waals surface area contributed by atoms with Crippen LogP contribution in [0.1, 0.15) is 53.8 Å². The molecule has 2 fully saturated rings. The van der Waals surface area contributed by atoms with Crippen molar-refractivity contribution in [1.29, 1.82) is 0 Å². The molecule has 11 nitrogen and oxygen atoms in total. The Morgan fingerprint density at radius 2 is 1.77 bits per heavy atom. The highest BCUT2D eigenvalue weighted by Gasteiger charge is 2.65. The third kappa shape index (κ3) is 5.15. The summed E-state index contributed by atoms with van der Waals surface area (Å²) in [7, 11) is -3.20. The van der Waals surface area contributed by atoms with Crippen LogP contribution >= 0.6 is 0 Å². The number of ketones is 1. The quantitative estimate of drug-likeness (QED) is 0.226. The predicted molar refractivity (Wildman–Crippen MR) is 158 cm³/mol. The van der Waals surface area contributed by atoms with E-state index in [2.05, 4.69) is 20.2 Å². The van der Waals surface area contributed by atoms with E-state index in [0.717, 1.165) is 33.6 Å². The van der Waals surface area contributed by atoms with Gasteiger partial charge in [-0.15, -0.1) is 5.10 Å². The second-order valence-corrected chi connectivity index (χ2v) is 14.3. The molecule has 0 spiro atoms. The molecular weight excluding hydrogens is 661 g/mol. The maximum absolute atomic E-state index is 14.5. The van der Waals surface area contributed by atoms with Crippen LogP contribution in [0.25, 0.3) is 11.8 Å². The highest BCUT2D eigenvalue weighted by Crippen LogP contribution is 2.54. The van der Waals surface area contributed by atoms with Crippen molar-refractivity contribution in [2.45, 2.75) is 67.5 Å². The SMILES string of the molecule is Cn1cnc(S(=O)(=O)N(C2CC(O)(C(F)(F)F)C2)[C@H]2CCC3=Cc4c(cnn4-c4ccc(F)cc4)C[C@]3(C(=O)c3cc(F)ccn3)C2)n1. The van der Waals surface area contributed by atoms with Gasteiger partial charge in [-0.1, -0.05) is 5.57 Å². The number of hydrogen-bond acceptors (Lipinski definition) is 8. The lowest BCUT2D eigenvalue weighted by atomic mass is 9.60. The fourth-order valence-electron chi connectivity index (χ4n) is 7.22. The van der Waals surface area contributed by atoms with Crippen LogP contribution in [0.5, 0.6) is 0 Å². The Hall–Kier alpha value is -4.35.